The number of nitro groups is 1. The molecule has 1 fully saturated rings. The Bertz CT molecular complexity index is 843. The quantitative estimate of drug-likeness (QED) is 0.392. The van der Waals surface area contributed by atoms with E-state index in [1.807, 2.05) is 18.2 Å². The van der Waals surface area contributed by atoms with Crippen molar-refractivity contribution in [2.45, 2.75) is 19.4 Å². The third-order valence-electron chi connectivity index (χ3n) is 5.07. The molecule has 7 heteroatoms. The molecule has 0 bridgehead atoms. The first-order valence-corrected chi connectivity index (χ1v) is 9.50. The van der Waals surface area contributed by atoms with Gasteiger partial charge >= 0.3 is 5.97 Å². The fraction of sp³-hybridized carbons (Fsp3) is 0.350. The minimum Gasteiger partial charge on any atom is -0.469 e. The van der Waals surface area contributed by atoms with E-state index in [9.17, 15) is 14.9 Å². The molecule has 1 aliphatic heterocycles. The molecule has 3 rings (SSSR count). The van der Waals surface area contributed by atoms with Crippen molar-refractivity contribution in [1.29, 1.82) is 0 Å². The lowest BCUT2D eigenvalue weighted by molar-refractivity contribution is -0.385. The largest absolute Gasteiger partial charge is 0.469 e. The molecule has 0 N–H and O–H groups in total. The van der Waals surface area contributed by atoms with Gasteiger partial charge < -0.3 is 4.74 Å². The molecule has 1 unspecified atom stereocenters. The second-order valence-corrected chi connectivity index (χ2v) is 7.84. The molecule has 1 aliphatic rings. The number of nitrogens with zero attached hydrogens (tertiary/aromatic N) is 2. The minimum absolute atomic E-state index is 0.0224. The lowest BCUT2D eigenvalue weighted by Gasteiger charge is -2.26. The number of methoxy groups -OCH3 is 1. The van der Waals surface area contributed by atoms with Crippen LogP contribution in [0.3, 0.4) is 0 Å². The van der Waals surface area contributed by atoms with E-state index in [1.54, 1.807) is 12.1 Å². The lowest BCUT2D eigenvalue weighted by Crippen LogP contribution is -2.37. The first-order valence-electron chi connectivity index (χ1n) is 8.71. The van der Waals surface area contributed by atoms with Crippen molar-refractivity contribution in [1.82, 2.24) is 4.90 Å². The first-order chi connectivity index (χ1) is 12.9. The molecule has 0 amide bonds. The fourth-order valence-corrected chi connectivity index (χ4v) is 4.10. The van der Waals surface area contributed by atoms with Crippen LogP contribution >= 0.6 is 15.9 Å². The number of ether oxygens (including phenoxy) is 1. The average Bonchev–Trinajstić information content (AvgIpc) is 3.07. The number of nitro benzene ring substituents is 1. The van der Waals surface area contributed by atoms with E-state index in [0.29, 0.717) is 23.0 Å². The van der Waals surface area contributed by atoms with E-state index in [2.05, 4.69) is 33.0 Å². The van der Waals surface area contributed by atoms with Crippen LogP contribution in [0.25, 0.3) is 0 Å². The molecule has 0 saturated carbocycles. The number of esters is 1. The zero-order chi connectivity index (χ0) is 19.4. The summed E-state index contributed by atoms with van der Waals surface area (Å²) in [4.78, 5) is 25.9. The highest BCUT2D eigenvalue weighted by atomic mass is 79.9. The molecule has 142 valence electrons. The molecule has 0 aliphatic carbocycles. The predicted octanol–water partition coefficient (Wildman–Crippen LogP) is 3.97. The van der Waals surface area contributed by atoms with E-state index < -0.39 is 10.3 Å². The van der Waals surface area contributed by atoms with Crippen molar-refractivity contribution < 1.29 is 14.5 Å². The number of rotatable bonds is 6. The molecule has 1 heterocycles. The fourth-order valence-electron chi connectivity index (χ4n) is 3.76. The zero-order valence-corrected chi connectivity index (χ0v) is 16.6. The third kappa shape index (κ3) is 4.36. The van der Waals surface area contributed by atoms with Gasteiger partial charge in [-0.05, 0) is 31.0 Å². The summed E-state index contributed by atoms with van der Waals surface area (Å²) in [6.45, 7) is 2.00. The van der Waals surface area contributed by atoms with Gasteiger partial charge in [0, 0.05) is 29.2 Å². The van der Waals surface area contributed by atoms with Crippen LogP contribution in [0.1, 0.15) is 17.5 Å². The SMILES string of the molecule is COC(=O)C1(Cc2ccc(Br)cc2[N+](=O)[O-])CCN(Cc2ccccc2)C1. The highest BCUT2D eigenvalue weighted by Crippen LogP contribution is 2.39. The van der Waals surface area contributed by atoms with Crippen molar-refractivity contribution >= 4 is 27.6 Å². The second-order valence-electron chi connectivity index (χ2n) is 6.93. The van der Waals surface area contributed by atoms with Gasteiger partial charge in [-0.25, -0.2) is 0 Å². The Morgan fingerprint density at radius 2 is 2.04 bits per heavy atom. The van der Waals surface area contributed by atoms with Gasteiger partial charge in [0.2, 0.25) is 0 Å². The Labute approximate surface area is 166 Å². The van der Waals surface area contributed by atoms with E-state index in [1.165, 1.54) is 18.7 Å². The zero-order valence-electron chi connectivity index (χ0n) is 15.1. The Hall–Kier alpha value is -2.25. The molecule has 27 heavy (non-hydrogen) atoms. The maximum Gasteiger partial charge on any atom is 0.313 e. The van der Waals surface area contributed by atoms with Gasteiger partial charge in [0.1, 0.15) is 0 Å². The molecule has 0 aromatic heterocycles. The lowest BCUT2D eigenvalue weighted by atomic mass is 9.80. The maximum atomic E-state index is 12.7. The smallest absolute Gasteiger partial charge is 0.313 e. The van der Waals surface area contributed by atoms with Gasteiger partial charge in [0.05, 0.1) is 17.4 Å². The van der Waals surface area contributed by atoms with Gasteiger partial charge in [-0.1, -0.05) is 52.3 Å². The molecule has 0 radical (unpaired) electrons. The molecular formula is C20H21BrN2O4. The van der Waals surface area contributed by atoms with Gasteiger partial charge in [-0.15, -0.1) is 0 Å². The molecule has 1 saturated heterocycles. The van der Waals surface area contributed by atoms with E-state index in [-0.39, 0.29) is 18.1 Å². The van der Waals surface area contributed by atoms with Gasteiger partial charge in [-0.3, -0.25) is 19.8 Å². The van der Waals surface area contributed by atoms with Gasteiger partial charge in [0.25, 0.3) is 5.69 Å². The van der Waals surface area contributed by atoms with E-state index in [4.69, 9.17) is 4.74 Å². The summed E-state index contributed by atoms with van der Waals surface area (Å²) in [5, 5.41) is 11.5. The summed E-state index contributed by atoms with van der Waals surface area (Å²) in [7, 11) is 1.37. The molecule has 2 aromatic rings. The number of likely N-dealkylation sites (tertiary alicyclic amines) is 1. The van der Waals surface area contributed by atoms with Crippen molar-refractivity contribution in [3.63, 3.8) is 0 Å². The van der Waals surface area contributed by atoms with Crippen LogP contribution in [-0.4, -0.2) is 36.0 Å². The van der Waals surface area contributed by atoms with Crippen LogP contribution in [0.4, 0.5) is 5.69 Å². The molecular weight excluding hydrogens is 412 g/mol. The number of carbonyl (C=O) groups excluding carboxylic acids is 1. The second kappa shape index (κ2) is 8.19. The van der Waals surface area contributed by atoms with Crippen molar-refractivity contribution in [3.05, 3.63) is 74.2 Å². The summed E-state index contributed by atoms with van der Waals surface area (Å²) < 4.78 is 5.73. The van der Waals surface area contributed by atoms with Crippen LogP contribution in [0.5, 0.6) is 0 Å². The van der Waals surface area contributed by atoms with Gasteiger partial charge in [0.15, 0.2) is 0 Å². The Morgan fingerprint density at radius 1 is 1.30 bits per heavy atom. The summed E-state index contributed by atoms with van der Waals surface area (Å²) in [5.74, 6) is -0.310. The van der Waals surface area contributed by atoms with Crippen molar-refractivity contribution in [2.24, 2.45) is 5.41 Å². The summed E-state index contributed by atoms with van der Waals surface area (Å²) in [6, 6.07) is 15.0. The highest BCUT2D eigenvalue weighted by Gasteiger charge is 2.46. The molecule has 1 atom stereocenters. The number of halogens is 1. The van der Waals surface area contributed by atoms with Crippen LogP contribution in [0.2, 0.25) is 0 Å². The van der Waals surface area contributed by atoms with Crippen LogP contribution in [0.15, 0.2) is 53.0 Å². The minimum atomic E-state index is -0.776. The van der Waals surface area contributed by atoms with Crippen molar-refractivity contribution in [2.75, 3.05) is 20.2 Å². The summed E-state index contributed by atoms with van der Waals surface area (Å²) in [6.07, 6.45) is 0.897. The molecule has 0 spiro atoms. The first kappa shape index (κ1) is 19.5. The number of benzene rings is 2. The monoisotopic (exact) mass is 432 g/mol. The van der Waals surface area contributed by atoms with Gasteiger partial charge in [-0.2, -0.15) is 0 Å². The summed E-state index contributed by atoms with van der Waals surface area (Å²) in [5.41, 5.74) is 0.972. The number of hydrogen-bond acceptors (Lipinski definition) is 5. The molecule has 2 aromatic carbocycles. The normalized spacial score (nSPS) is 19.8. The molecule has 6 nitrogen and oxygen atoms in total. The van der Waals surface area contributed by atoms with E-state index in [0.717, 1.165) is 13.1 Å². The number of hydrogen-bond donors (Lipinski definition) is 0. The highest BCUT2D eigenvalue weighted by molar-refractivity contribution is 9.10. The predicted molar refractivity (Wildman–Crippen MR) is 105 cm³/mol. The topological polar surface area (TPSA) is 72.7 Å². The van der Waals surface area contributed by atoms with Crippen LogP contribution in [-0.2, 0) is 22.5 Å². The van der Waals surface area contributed by atoms with Crippen molar-refractivity contribution in [3.8, 4) is 0 Å². The summed E-state index contributed by atoms with van der Waals surface area (Å²) >= 11 is 3.28. The Kier molecular flexibility index (Phi) is 5.92. The third-order valence-corrected chi connectivity index (χ3v) is 5.57. The van der Waals surface area contributed by atoms with Crippen LogP contribution in [0, 0.1) is 15.5 Å². The Morgan fingerprint density at radius 3 is 2.70 bits per heavy atom. The maximum absolute atomic E-state index is 12.7. The average molecular weight is 433 g/mol. The number of carbonyl (C=O) groups is 1. The van der Waals surface area contributed by atoms with Crippen LogP contribution < -0.4 is 0 Å². The Balaban J connectivity index is 1.85. The standard InChI is InChI=1S/C20H21BrN2O4/c1-27-19(24)20(12-16-7-8-17(21)11-18(16)23(25)26)9-10-22(14-20)13-15-5-3-2-4-6-15/h2-8,11H,9-10,12-14H2,1H3. The van der Waals surface area contributed by atoms with E-state index >= 15 is 0 Å².